The first-order valence-corrected chi connectivity index (χ1v) is 17.5. The molecule has 2 aliphatic rings. The molecule has 6 heteroatoms. The second kappa shape index (κ2) is 11.6. The van der Waals surface area contributed by atoms with Crippen LogP contribution in [-0.4, -0.2) is 14.6 Å². The number of halogens is 2. The second-order valence-corrected chi connectivity index (χ2v) is 17.2. The third-order valence-corrected chi connectivity index (χ3v) is 14.7. The second-order valence-electron chi connectivity index (χ2n) is 11.6. The molecule has 1 aliphatic carbocycles. The van der Waals surface area contributed by atoms with Gasteiger partial charge in [-0.05, 0) is 54.6 Å². The summed E-state index contributed by atoms with van der Waals surface area (Å²) >= 11 is 2.02. The molecular weight excluding hydrogens is 645 g/mol. The molecule has 1 aromatic heterocycles. The Bertz CT molecular complexity index is 1750. The number of aryl methyl sites for hydroxylation is 2. The molecule has 1 aliphatic heterocycles. The Labute approximate surface area is 275 Å². The Kier molecular flexibility index (Phi) is 9.11. The van der Waals surface area contributed by atoms with Crippen molar-refractivity contribution in [2.75, 3.05) is 11.4 Å². The van der Waals surface area contributed by atoms with E-state index in [1.165, 1.54) is 67.5 Å². The van der Waals surface area contributed by atoms with E-state index < -0.39 is 8.07 Å². The van der Waals surface area contributed by atoms with Gasteiger partial charge in [0.2, 0.25) is 0 Å². The van der Waals surface area contributed by atoms with Gasteiger partial charge in [-0.1, -0.05) is 97.2 Å². The largest absolute Gasteiger partial charge is 3.00 e. The molecule has 0 spiro atoms. The third kappa shape index (κ3) is 4.54. The number of benzene rings is 3. The van der Waals surface area contributed by atoms with Crippen molar-refractivity contribution in [2.24, 2.45) is 0 Å². The van der Waals surface area contributed by atoms with Crippen LogP contribution in [0.5, 0.6) is 0 Å². The van der Waals surface area contributed by atoms with Crippen LogP contribution in [0.25, 0.3) is 26.2 Å². The molecule has 0 saturated carbocycles. The number of thiophene rings is 1. The molecule has 1 radical (unpaired) electrons. The van der Waals surface area contributed by atoms with Crippen LogP contribution in [0.4, 0.5) is 11.4 Å². The molecule has 0 saturated heterocycles. The first-order chi connectivity index (χ1) is 17.9. The standard InChI is InChI=1S/C34H34NSSi.2ClH.Zr/c1-21-20-27-25(15-10-17-29(27)35-19-11-13-24-12-6-8-16-28(24)35)33(21)37(4,5)34-23(3)22(2)31-26-14-7-9-18-30(26)36-32(31)34;;;/h6-10,12,14-18,20,33H,11,13,19H2,1-5H3;2*1H;/q-1;;;+3/p-2. The van der Waals surface area contributed by atoms with Crippen LogP contribution in [0, 0.1) is 13.8 Å². The Morgan fingerprint density at radius 2 is 1.57 bits per heavy atom. The molecule has 5 aromatic rings. The summed E-state index contributed by atoms with van der Waals surface area (Å²) in [6.07, 6.45) is 4.91. The summed E-state index contributed by atoms with van der Waals surface area (Å²) in [6.45, 7) is 13.5. The van der Waals surface area contributed by atoms with E-state index in [0.29, 0.717) is 5.54 Å². The maximum absolute atomic E-state index is 2.62. The molecule has 203 valence electrons. The maximum atomic E-state index is 2.62. The molecule has 0 N–H and O–H groups in total. The van der Waals surface area contributed by atoms with Crippen LogP contribution >= 0.6 is 11.3 Å². The molecule has 0 amide bonds. The SMILES string of the molecule is CC1=Cc2c(cccc2N2CCCc3ccccc32)C1[Si](C)(C)[c-]1c(C)c(C)c2c3ccccc3sc21.[Cl-].[Cl-].[Zr+3]. The van der Waals surface area contributed by atoms with Gasteiger partial charge in [0.15, 0.2) is 0 Å². The van der Waals surface area contributed by atoms with Gasteiger partial charge in [0.25, 0.3) is 0 Å². The van der Waals surface area contributed by atoms with Crippen molar-refractivity contribution in [3.8, 4) is 0 Å². The normalized spacial score (nSPS) is 16.1. The van der Waals surface area contributed by atoms with Crippen molar-refractivity contribution >= 4 is 62.2 Å². The van der Waals surface area contributed by atoms with Crippen molar-refractivity contribution in [3.63, 3.8) is 0 Å². The zero-order chi connectivity index (χ0) is 25.5. The van der Waals surface area contributed by atoms with Gasteiger partial charge in [0.1, 0.15) is 0 Å². The molecule has 2 heterocycles. The average molecular weight is 679 g/mol. The summed E-state index contributed by atoms with van der Waals surface area (Å²) in [7, 11) is -1.93. The van der Waals surface area contributed by atoms with Gasteiger partial charge >= 0.3 is 26.2 Å². The molecular formula is C34H34Cl2NSSiZr. The smallest absolute Gasteiger partial charge is 1.00 e. The van der Waals surface area contributed by atoms with E-state index in [1.54, 1.807) is 15.5 Å². The van der Waals surface area contributed by atoms with Gasteiger partial charge in [-0.3, -0.25) is 0 Å². The van der Waals surface area contributed by atoms with E-state index in [4.69, 9.17) is 0 Å². The topological polar surface area (TPSA) is 3.24 Å². The average Bonchev–Trinajstić information content (AvgIpc) is 3.52. The first kappa shape index (κ1) is 31.4. The summed E-state index contributed by atoms with van der Waals surface area (Å²) in [5, 5.41) is 4.62. The summed E-state index contributed by atoms with van der Waals surface area (Å²) in [4.78, 5) is 2.58. The Hall–Kier alpha value is -1.55. The number of allylic oxidation sites excluding steroid dienone is 1. The minimum Gasteiger partial charge on any atom is -1.00 e. The number of fused-ring (bicyclic) bond motifs is 5. The molecule has 7 rings (SSSR count). The Morgan fingerprint density at radius 1 is 0.875 bits per heavy atom. The van der Waals surface area contributed by atoms with Gasteiger partial charge in [-0.15, -0.1) is 10.6 Å². The van der Waals surface area contributed by atoms with Crippen molar-refractivity contribution in [2.45, 2.75) is 52.2 Å². The predicted octanol–water partition coefficient (Wildman–Crippen LogP) is 3.14. The summed E-state index contributed by atoms with van der Waals surface area (Å²) in [6, 6.07) is 25.1. The molecule has 40 heavy (non-hydrogen) atoms. The molecule has 0 bridgehead atoms. The van der Waals surface area contributed by atoms with Crippen LogP contribution < -0.4 is 34.9 Å². The number of hydrogen-bond acceptors (Lipinski definition) is 2. The molecule has 0 fully saturated rings. The Balaban J connectivity index is 0.00000123. The van der Waals surface area contributed by atoms with E-state index >= 15 is 0 Å². The maximum Gasteiger partial charge on any atom is 3.00 e. The van der Waals surface area contributed by atoms with E-state index in [1.807, 2.05) is 11.3 Å². The number of nitrogens with zero attached hydrogens (tertiary/aromatic N) is 1. The monoisotopic (exact) mass is 676 g/mol. The molecule has 1 atom stereocenters. The fourth-order valence-corrected chi connectivity index (χ4v) is 14.2. The van der Waals surface area contributed by atoms with E-state index in [-0.39, 0.29) is 51.0 Å². The van der Waals surface area contributed by atoms with Crippen LogP contribution in [0.1, 0.15) is 46.7 Å². The van der Waals surface area contributed by atoms with Crippen molar-refractivity contribution < 1.29 is 51.0 Å². The minimum atomic E-state index is -1.93. The fraction of sp³-hybridized carbons (Fsp3) is 0.265. The van der Waals surface area contributed by atoms with Gasteiger partial charge < -0.3 is 29.7 Å². The van der Waals surface area contributed by atoms with Crippen molar-refractivity contribution in [1.82, 2.24) is 0 Å². The van der Waals surface area contributed by atoms with Crippen LogP contribution in [0.2, 0.25) is 13.1 Å². The summed E-state index contributed by atoms with van der Waals surface area (Å²) in [5.74, 6) is 0. The minimum absolute atomic E-state index is 0. The van der Waals surface area contributed by atoms with E-state index in [2.05, 4.69) is 112 Å². The van der Waals surface area contributed by atoms with Crippen molar-refractivity contribution in [3.05, 3.63) is 100 Å². The van der Waals surface area contributed by atoms with Gasteiger partial charge in [-0.2, -0.15) is 22.5 Å². The zero-order valence-corrected chi connectivity index (χ0v) is 29.5. The van der Waals surface area contributed by atoms with E-state index in [0.717, 1.165) is 6.54 Å². The van der Waals surface area contributed by atoms with Gasteiger partial charge in [0, 0.05) is 36.3 Å². The van der Waals surface area contributed by atoms with Crippen LogP contribution in [0.3, 0.4) is 0 Å². The fourth-order valence-electron chi connectivity index (χ4n) is 7.57. The molecule has 4 aromatic carbocycles. The number of rotatable bonds is 3. The quantitative estimate of drug-likeness (QED) is 0.210. The van der Waals surface area contributed by atoms with Crippen LogP contribution in [0.15, 0.2) is 72.3 Å². The zero-order valence-electron chi connectivity index (χ0n) is 23.7. The van der Waals surface area contributed by atoms with Crippen LogP contribution in [-0.2, 0) is 32.6 Å². The number of anilines is 2. The Morgan fingerprint density at radius 3 is 2.38 bits per heavy atom. The molecule has 1 nitrogen and oxygen atoms in total. The summed E-state index contributed by atoms with van der Waals surface area (Å²) < 4.78 is 2.97. The van der Waals surface area contributed by atoms with Gasteiger partial charge in [0.05, 0.1) is 0 Å². The van der Waals surface area contributed by atoms with E-state index in [9.17, 15) is 0 Å². The first-order valence-electron chi connectivity index (χ1n) is 13.6. The predicted molar refractivity (Wildman–Crippen MR) is 166 cm³/mol. The molecule has 1 unspecified atom stereocenters. The number of para-hydroxylation sites is 1. The summed E-state index contributed by atoms with van der Waals surface area (Å²) in [5.41, 5.74) is 12.3. The van der Waals surface area contributed by atoms with Crippen molar-refractivity contribution in [1.29, 1.82) is 0 Å². The number of hydrogen-bond donors (Lipinski definition) is 0. The van der Waals surface area contributed by atoms with Gasteiger partial charge in [-0.25, -0.2) is 0 Å². The third-order valence-electron chi connectivity index (χ3n) is 9.16.